The molecular weight excluding hydrogens is 168 g/mol. The second-order valence-corrected chi connectivity index (χ2v) is 3.16. The van der Waals surface area contributed by atoms with Crippen molar-refractivity contribution in [2.75, 3.05) is 0 Å². The maximum Gasteiger partial charge on any atom is 0.306 e. The van der Waals surface area contributed by atoms with Gasteiger partial charge in [-0.1, -0.05) is 13.3 Å². The third-order valence-electron chi connectivity index (χ3n) is 1.92. The fourth-order valence-electron chi connectivity index (χ4n) is 1.18. The Kier molecular flexibility index (Phi) is 3.68. The molecule has 0 fully saturated rings. The molecule has 0 N–H and O–H groups in total. The number of rotatable bonds is 4. The van der Waals surface area contributed by atoms with Gasteiger partial charge in [-0.15, -0.1) is 0 Å². The van der Waals surface area contributed by atoms with E-state index in [1.165, 1.54) is 6.08 Å². The molecule has 0 aromatic carbocycles. The lowest BCUT2D eigenvalue weighted by molar-refractivity contribution is -0.147. The average Bonchev–Trinajstić information content (AvgIpc) is 2.48. The lowest BCUT2D eigenvalue weighted by Crippen LogP contribution is -2.14. The van der Waals surface area contributed by atoms with Crippen molar-refractivity contribution in [3.05, 3.63) is 12.2 Å². The van der Waals surface area contributed by atoms with E-state index in [-0.39, 0.29) is 17.9 Å². The summed E-state index contributed by atoms with van der Waals surface area (Å²) in [5.74, 6) is -0.167. The molecule has 3 nitrogen and oxygen atoms in total. The number of allylic oxidation sites excluding steroid dienone is 1. The molecule has 0 spiro atoms. The first kappa shape index (κ1) is 9.96. The van der Waals surface area contributed by atoms with Crippen molar-refractivity contribution in [2.45, 2.75) is 38.7 Å². The van der Waals surface area contributed by atoms with Gasteiger partial charge in [-0.2, -0.15) is 0 Å². The van der Waals surface area contributed by atoms with E-state index in [1.54, 1.807) is 6.08 Å². The third kappa shape index (κ3) is 3.40. The fourth-order valence-corrected chi connectivity index (χ4v) is 1.18. The molecule has 0 radical (unpaired) electrons. The van der Waals surface area contributed by atoms with Gasteiger partial charge in [-0.3, -0.25) is 9.59 Å². The average molecular weight is 182 g/mol. The molecule has 1 unspecified atom stereocenters. The lowest BCUT2D eigenvalue weighted by atomic mass is 10.2. The van der Waals surface area contributed by atoms with E-state index in [9.17, 15) is 9.59 Å². The molecule has 72 valence electrons. The van der Waals surface area contributed by atoms with Crippen LogP contribution < -0.4 is 0 Å². The highest BCUT2D eigenvalue weighted by atomic mass is 16.5. The Balaban J connectivity index is 2.21. The van der Waals surface area contributed by atoms with Crippen LogP contribution >= 0.6 is 0 Å². The zero-order valence-corrected chi connectivity index (χ0v) is 7.79. The lowest BCUT2D eigenvalue weighted by Gasteiger charge is -2.08. The normalized spacial score (nSPS) is 20.7. The van der Waals surface area contributed by atoms with Crippen molar-refractivity contribution in [3.63, 3.8) is 0 Å². The van der Waals surface area contributed by atoms with Crippen molar-refractivity contribution in [1.82, 2.24) is 0 Å². The van der Waals surface area contributed by atoms with Crippen LogP contribution in [0.3, 0.4) is 0 Å². The minimum absolute atomic E-state index is 0.0355. The summed E-state index contributed by atoms with van der Waals surface area (Å²) >= 11 is 0. The molecule has 0 aromatic heterocycles. The monoisotopic (exact) mass is 182 g/mol. The van der Waals surface area contributed by atoms with Gasteiger partial charge in [0.15, 0.2) is 5.78 Å². The smallest absolute Gasteiger partial charge is 0.306 e. The van der Waals surface area contributed by atoms with Gasteiger partial charge in [-0.05, 0) is 18.6 Å². The number of esters is 1. The van der Waals surface area contributed by atoms with Gasteiger partial charge in [0.1, 0.15) is 6.10 Å². The van der Waals surface area contributed by atoms with Crippen LogP contribution in [0.1, 0.15) is 32.6 Å². The Morgan fingerprint density at radius 1 is 1.69 bits per heavy atom. The molecule has 1 rings (SSSR count). The predicted octanol–water partition coefficient (Wildman–Crippen LogP) is 1.62. The number of carbonyl (C=O) groups is 2. The number of ether oxygens (including phenoxy) is 1. The van der Waals surface area contributed by atoms with Gasteiger partial charge in [0.2, 0.25) is 0 Å². The van der Waals surface area contributed by atoms with Gasteiger partial charge >= 0.3 is 5.97 Å². The second kappa shape index (κ2) is 4.80. The van der Waals surface area contributed by atoms with Crippen molar-refractivity contribution >= 4 is 11.8 Å². The Bertz CT molecular complexity index is 230. The molecule has 0 saturated carbocycles. The quantitative estimate of drug-likeness (QED) is 0.620. The summed E-state index contributed by atoms with van der Waals surface area (Å²) < 4.78 is 5.04. The van der Waals surface area contributed by atoms with Crippen LogP contribution in [0.5, 0.6) is 0 Å². The predicted molar refractivity (Wildman–Crippen MR) is 48.2 cm³/mol. The standard InChI is InChI=1S/C10H14O3/c1-2-3-4-10(12)13-9-6-5-8(11)7-9/h5-6,9H,2-4,7H2,1H3. The first-order valence-corrected chi connectivity index (χ1v) is 4.63. The summed E-state index contributed by atoms with van der Waals surface area (Å²) in [5.41, 5.74) is 0. The fraction of sp³-hybridized carbons (Fsp3) is 0.600. The van der Waals surface area contributed by atoms with E-state index in [4.69, 9.17) is 4.74 Å². The van der Waals surface area contributed by atoms with E-state index in [1.807, 2.05) is 6.92 Å². The topological polar surface area (TPSA) is 43.4 Å². The second-order valence-electron chi connectivity index (χ2n) is 3.16. The van der Waals surface area contributed by atoms with Crippen LogP contribution in [-0.2, 0) is 14.3 Å². The van der Waals surface area contributed by atoms with Crippen LogP contribution in [0.25, 0.3) is 0 Å². The van der Waals surface area contributed by atoms with E-state index >= 15 is 0 Å². The van der Waals surface area contributed by atoms with E-state index in [0.717, 1.165) is 12.8 Å². The summed E-state index contributed by atoms with van der Waals surface area (Å²) in [7, 11) is 0. The maximum atomic E-state index is 11.1. The summed E-state index contributed by atoms with van der Waals surface area (Å²) in [4.78, 5) is 21.9. The molecule has 3 heteroatoms. The summed E-state index contributed by atoms with van der Waals surface area (Å²) in [5, 5.41) is 0. The van der Waals surface area contributed by atoms with Crippen LogP contribution in [0.4, 0.5) is 0 Å². The summed E-state index contributed by atoms with van der Waals surface area (Å²) in [6.07, 6.45) is 5.41. The minimum Gasteiger partial charge on any atom is -0.458 e. The molecule has 1 atom stereocenters. The van der Waals surface area contributed by atoms with Crippen LogP contribution in [-0.4, -0.2) is 17.9 Å². The van der Waals surface area contributed by atoms with E-state index < -0.39 is 0 Å². The molecule has 13 heavy (non-hydrogen) atoms. The molecule has 1 aliphatic carbocycles. The zero-order valence-electron chi connectivity index (χ0n) is 7.79. The van der Waals surface area contributed by atoms with Crippen molar-refractivity contribution in [3.8, 4) is 0 Å². The van der Waals surface area contributed by atoms with E-state index in [2.05, 4.69) is 0 Å². The molecule has 0 bridgehead atoms. The maximum absolute atomic E-state index is 11.1. The molecular formula is C10H14O3. The number of hydrogen-bond acceptors (Lipinski definition) is 3. The largest absolute Gasteiger partial charge is 0.458 e. The Hall–Kier alpha value is -1.12. The van der Waals surface area contributed by atoms with Crippen LogP contribution in [0.2, 0.25) is 0 Å². The van der Waals surface area contributed by atoms with Crippen LogP contribution in [0, 0.1) is 0 Å². The number of hydrogen-bond donors (Lipinski definition) is 0. The minimum atomic E-state index is -0.308. The first-order valence-electron chi connectivity index (χ1n) is 4.63. The van der Waals surface area contributed by atoms with Crippen molar-refractivity contribution < 1.29 is 14.3 Å². The highest BCUT2D eigenvalue weighted by Gasteiger charge is 2.19. The molecule has 0 heterocycles. The van der Waals surface area contributed by atoms with Gasteiger partial charge in [-0.25, -0.2) is 0 Å². The molecule has 0 aliphatic heterocycles. The number of carbonyl (C=O) groups excluding carboxylic acids is 2. The van der Waals surface area contributed by atoms with Crippen LogP contribution in [0.15, 0.2) is 12.2 Å². The molecule has 0 saturated heterocycles. The van der Waals surface area contributed by atoms with Gasteiger partial charge in [0, 0.05) is 6.42 Å². The Morgan fingerprint density at radius 3 is 3.00 bits per heavy atom. The third-order valence-corrected chi connectivity index (χ3v) is 1.92. The first-order chi connectivity index (χ1) is 6.22. The number of unbranched alkanes of at least 4 members (excludes halogenated alkanes) is 1. The summed E-state index contributed by atoms with van der Waals surface area (Å²) in [6, 6.07) is 0. The highest BCUT2D eigenvalue weighted by molar-refractivity contribution is 5.93. The van der Waals surface area contributed by atoms with Crippen molar-refractivity contribution in [1.29, 1.82) is 0 Å². The Labute approximate surface area is 77.8 Å². The van der Waals surface area contributed by atoms with Crippen molar-refractivity contribution in [2.24, 2.45) is 0 Å². The summed E-state index contributed by atoms with van der Waals surface area (Å²) in [6.45, 7) is 2.02. The van der Waals surface area contributed by atoms with Gasteiger partial charge < -0.3 is 4.74 Å². The zero-order chi connectivity index (χ0) is 9.68. The van der Waals surface area contributed by atoms with Gasteiger partial charge in [0.25, 0.3) is 0 Å². The van der Waals surface area contributed by atoms with E-state index in [0.29, 0.717) is 12.8 Å². The SMILES string of the molecule is CCCCC(=O)OC1C=CC(=O)C1. The molecule has 0 amide bonds. The number of ketones is 1. The molecule has 1 aliphatic rings. The molecule has 0 aromatic rings. The van der Waals surface area contributed by atoms with Gasteiger partial charge in [0.05, 0.1) is 6.42 Å². The Morgan fingerprint density at radius 2 is 2.46 bits per heavy atom. The highest BCUT2D eigenvalue weighted by Crippen LogP contribution is 2.11.